The Morgan fingerprint density at radius 2 is 2.29 bits per heavy atom. The van der Waals surface area contributed by atoms with E-state index in [1.165, 1.54) is 0 Å². The highest BCUT2D eigenvalue weighted by Crippen LogP contribution is 2.28. The fraction of sp³-hybridized carbons (Fsp3) is 0.500. The molecule has 1 heterocycles. The fourth-order valence-electron chi connectivity index (χ4n) is 2.11. The molecule has 1 aliphatic carbocycles. The Bertz CT molecular complexity index is 397. The lowest BCUT2D eigenvalue weighted by molar-refractivity contribution is 0.0465. The first-order chi connectivity index (χ1) is 8.06. The van der Waals surface area contributed by atoms with E-state index in [0.29, 0.717) is 11.6 Å². The highest BCUT2D eigenvalue weighted by Gasteiger charge is 2.27. The van der Waals surface area contributed by atoms with Crippen LogP contribution in [0, 0.1) is 11.3 Å². The minimum atomic E-state index is -0.105. The molecule has 0 amide bonds. The first-order valence-corrected chi connectivity index (χ1v) is 5.76. The summed E-state index contributed by atoms with van der Waals surface area (Å²) in [7, 11) is 2.01. The summed E-state index contributed by atoms with van der Waals surface area (Å²) in [4.78, 5) is 6.24. The molecule has 0 atom stereocenters. The van der Waals surface area contributed by atoms with Crippen LogP contribution in [0.4, 0.5) is 5.69 Å². The first-order valence-electron chi connectivity index (χ1n) is 5.76. The van der Waals surface area contributed by atoms with Gasteiger partial charge in [0.2, 0.25) is 0 Å². The molecule has 92 valence electrons. The predicted molar refractivity (Wildman–Crippen MR) is 67.3 cm³/mol. The summed E-state index contributed by atoms with van der Waals surface area (Å²) >= 11 is 0. The molecular weight excluding hydrogens is 216 g/mol. The zero-order valence-corrected chi connectivity index (χ0v) is 9.93. The Kier molecular flexibility index (Phi) is 3.28. The van der Waals surface area contributed by atoms with Gasteiger partial charge in [0.05, 0.1) is 18.0 Å². The molecule has 5 nitrogen and oxygen atoms in total. The third-order valence-electron chi connectivity index (χ3n) is 3.21. The lowest BCUT2D eigenvalue weighted by Crippen LogP contribution is -2.37. The number of hydrogen-bond acceptors (Lipinski definition) is 4. The number of amidine groups is 1. The number of nitrogen functional groups attached to an aromatic ring is 1. The molecule has 0 spiro atoms. The van der Waals surface area contributed by atoms with E-state index in [4.69, 9.17) is 11.1 Å². The van der Waals surface area contributed by atoms with Gasteiger partial charge in [-0.15, -0.1) is 0 Å². The molecule has 0 aliphatic heterocycles. The molecule has 1 aromatic heterocycles. The Hall–Kier alpha value is -1.62. The van der Waals surface area contributed by atoms with Crippen LogP contribution in [-0.4, -0.2) is 35.6 Å². The standard InChI is InChI=1S/C12H18N4O/c1-16(7-8-4-10(17)5-8)9-2-3-11(12(13)14)15-6-9/h2-3,6,8,10,17H,4-5,7H2,1H3,(H3,13,14). The number of nitrogens with zero attached hydrogens (tertiary/aromatic N) is 2. The van der Waals surface area contributed by atoms with Crippen LogP contribution in [0.25, 0.3) is 0 Å². The SMILES string of the molecule is CN(CC1CC(O)C1)c1ccc(C(=N)N)nc1. The molecule has 4 N–H and O–H groups in total. The monoisotopic (exact) mass is 234 g/mol. The molecule has 0 bridgehead atoms. The van der Waals surface area contributed by atoms with Gasteiger partial charge in [-0.25, -0.2) is 0 Å². The van der Waals surface area contributed by atoms with Crippen molar-refractivity contribution in [3.63, 3.8) is 0 Å². The number of anilines is 1. The van der Waals surface area contributed by atoms with E-state index in [0.717, 1.165) is 25.1 Å². The van der Waals surface area contributed by atoms with Crippen molar-refractivity contribution in [2.24, 2.45) is 11.7 Å². The molecule has 0 aromatic carbocycles. The molecule has 1 aliphatic rings. The molecule has 5 heteroatoms. The Balaban J connectivity index is 1.94. The smallest absolute Gasteiger partial charge is 0.141 e. The Morgan fingerprint density at radius 3 is 2.76 bits per heavy atom. The average Bonchev–Trinajstić information content (AvgIpc) is 2.27. The lowest BCUT2D eigenvalue weighted by atomic mass is 9.82. The summed E-state index contributed by atoms with van der Waals surface area (Å²) in [5.74, 6) is 0.559. The Labute approximate surface area is 101 Å². The molecule has 17 heavy (non-hydrogen) atoms. The molecule has 0 unspecified atom stereocenters. The minimum Gasteiger partial charge on any atom is -0.393 e. The zero-order chi connectivity index (χ0) is 12.4. The van der Waals surface area contributed by atoms with Gasteiger partial charge >= 0.3 is 0 Å². The van der Waals surface area contributed by atoms with Gasteiger partial charge < -0.3 is 15.7 Å². The van der Waals surface area contributed by atoms with E-state index in [2.05, 4.69) is 9.88 Å². The largest absolute Gasteiger partial charge is 0.393 e. The van der Waals surface area contributed by atoms with Crippen LogP contribution in [0.3, 0.4) is 0 Å². The zero-order valence-electron chi connectivity index (χ0n) is 9.93. The maximum atomic E-state index is 9.23. The summed E-state index contributed by atoms with van der Waals surface area (Å²) in [6, 6.07) is 3.67. The molecular formula is C12H18N4O. The number of hydrogen-bond donors (Lipinski definition) is 3. The van der Waals surface area contributed by atoms with Gasteiger partial charge in [0.15, 0.2) is 0 Å². The second-order valence-corrected chi connectivity index (χ2v) is 4.69. The van der Waals surface area contributed by atoms with Crippen LogP contribution in [0.1, 0.15) is 18.5 Å². The molecule has 2 rings (SSSR count). The Morgan fingerprint density at radius 1 is 1.59 bits per heavy atom. The molecule has 1 aromatic rings. The highest BCUT2D eigenvalue weighted by molar-refractivity contribution is 5.93. The van der Waals surface area contributed by atoms with Gasteiger partial charge in [-0.1, -0.05) is 0 Å². The quantitative estimate of drug-likeness (QED) is 0.525. The van der Waals surface area contributed by atoms with Crippen LogP contribution in [0.15, 0.2) is 18.3 Å². The minimum absolute atomic E-state index is 0.0127. The van der Waals surface area contributed by atoms with Crippen LogP contribution < -0.4 is 10.6 Å². The van der Waals surface area contributed by atoms with Crippen molar-refractivity contribution in [2.75, 3.05) is 18.5 Å². The maximum absolute atomic E-state index is 9.23. The van der Waals surface area contributed by atoms with Crippen LogP contribution in [0.5, 0.6) is 0 Å². The van der Waals surface area contributed by atoms with E-state index in [1.54, 1.807) is 12.3 Å². The number of pyridine rings is 1. The van der Waals surface area contributed by atoms with Gasteiger partial charge in [-0.3, -0.25) is 10.4 Å². The first kappa shape index (κ1) is 11.9. The normalized spacial score (nSPS) is 22.9. The number of nitrogens with one attached hydrogen (secondary N) is 1. The van der Waals surface area contributed by atoms with Crippen LogP contribution in [0.2, 0.25) is 0 Å². The van der Waals surface area contributed by atoms with Gasteiger partial charge in [0, 0.05) is 13.6 Å². The van der Waals surface area contributed by atoms with Gasteiger partial charge in [-0.05, 0) is 30.9 Å². The second kappa shape index (κ2) is 4.71. The molecule has 0 saturated heterocycles. The summed E-state index contributed by atoms with van der Waals surface area (Å²) < 4.78 is 0. The number of aliphatic hydroxyl groups is 1. The van der Waals surface area contributed by atoms with Crippen molar-refractivity contribution in [1.29, 1.82) is 5.41 Å². The third-order valence-corrected chi connectivity index (χ3v) is 3.21. The molecule has 0 radical (unpaired) electrons. The fourth-order valence-corrected chi connectivity index (χ4v) is 2.11. The summed E-state index contributed by atoms with van der Waals surface area (Å²) in [5, 5.41) is 16.5. The number of nitrogens with two attached hydrogens (primary N) is 1. The lowest BCUT2D eigenvalue weighted by Gasteiger charge is -2.35. The molecule has 1 saturated carbocycles. The second-order valence-electron chi connectivity index (χ2n) is 4.69. The number of aromatic nitrogens is 1. The molecule has 1 fully saturated rings. The van der Waals surface area contributed by atoms with Crippen LogP contribution in [-0.2, 0) is 0 Å². The number of aliphatic hydroxyl groups excluding tert-OH is 1. The number of rotatable bonds is 4. The third kappa shape index (κ3) is 2.74. The van der Waals surface area contributed by atoms with E-state index in [-0.39, 0.29) is 11.9 Å². The van der Waals surface area contributed by atoms with Crippen molar-refractivity contribution >= 4 is 11.5 Å². The van der Waals surface area contributed by atoms with Crippen molar-refractivity contribution in [1.82, 2.24) is 4.98 Å². The van der Waals surface area contributed by atoms with Crippen molar-refractivity contribution in [2.45, 2.75) is 18.9 Å². The summed E-state index contributed by atoms with van der Waals surface area (Å²) in [5.41, 5.74) is 6.86. The van der Waals surface area contributed by atoms with E-state index in [9.17, 15) is 5.11 Å². The van der Waals surface area contributed by atoms with Crippen LogP contribution >= 0.6 is 0 Å². The average molecular weight is 234 g/mol. The van der Waals surface area contributed by atoms with Crippen molar-refractivity contribution in [3.05, 3.63) is 24.0 Å². The van der Waals surface area contributed by atoms with Gasteiger partial charge in [0.1, 0.15) is 11.5 Å². The summed E-state index contributed by atoms with van der Waals surface area (Å²) in [6.07, 6.45) is 3.41. The highest BCUT2D eigenvalue weighted by atomic mass is 16.3. The van der Waals surface area contributed by atoms with E-state index < -0.39 is 0 Å². The van der Waals surface area contributed by atoms with Gasteiger partial charge in [-0.2, -0.15) is 0 Å². The van der Waals surface area contributed by atoms with Gasteiger partial charge in [0.25, 0.3) is 0 Å². The predicted octanol–water partition coefficient (Wildman–Crippen LogP) is 0.573. The van der Waals surface area contributed by atoms with E-state index >= 15 is 0 Å². The van der Waals surface area contributed by atoms with E-state index in [1.807, 2.05) is 13.1 Å². The van der Waals surface area contributed by atoms with Crippen molar-refractivity contribution in [3.8, 4) is 0 Å². The maximum Gasteiger partial charge on any atom is 0.141 e. The summed E-state index contributed by atoms with van der Waals surface area (Å²) in [6.45, 7) is 0.929. The topological polar surface area (TPSA) is 86.2 Å². The van der Waals surface area contributed by atoms with Crippen molar-refractivity contribution < 1.29 is 5.11 Å².